The van der Waals surface area contributed by atoms with E-state index < -0.39 is 26.6 Å². The van der Waals surface area contributed by atoms with Crippen LogP contribution in [0.15, 0.2) is 17.0 Å². The van der Waals surface area contributed by atoms with Crippen LogP contribution in [0.5, 0.6) is 0 Å². The van der Waals surface area contributed by atoms with Crippen LogP contribution in [0, 0.1) is 18.6 Å². The van der Waals surface area contributed by atoms with Gasteiger partial charge in [-0.3, -0.25) is 0 Å². The lowest BCUT2D eigenvalue weighted by Gasteiger charge is -2.30. The van der Waals surface area contributed by atoms with Crippen LogP contribution in [0.3, 0.4) is 0 Å². The van der Waals surface area contributed by atoms with Crippen molar-refractivity contribution >= 4 is 10.0 Å². The molecular formula is C12H16F2N2O2S. The number of halogens is 2. The van der Waals surface area contributed by atoms with E-state index in [1.165, 1.54) is 6.92 Å². The molecule has 1 saturated heterocycles. The Morgan fingerprint density at radius 2 is 2.00 bits per heavy atom. The van der Waals surface area contributed by atoms with Crippen LogP contribution in [0.4, 0.5) is 8.78 Å². The van der Waals surface area contributed by atoms with Gasteiger partial charge in [-0.2, -0.15) is 4.31 Å². The minimum absolute atomic E-state index is 0.0984. The molecule has 0 bridgehead atoms. The highest BCUT2D eigenvalue weighted by atomic mass is 32.2. The molecule has 19 heavy (non-hydrogen) atoms. The fourth-order valence-electron chi connectivity index (χ4n) is 2.16. The smallest absolute Gasteiger partial charge is 0.246 e. The topological polar surface area (TPSA) is 63.4 Å². The molecule has 2 N–H and O–H groups in total. The number of hydrogen-bond acceptors (Lipinski definition) is 3. The Labute approximate surface area is 111 Å². The van der Waals surface area contributed by atoms with Gasteiger partial charge in [0.05, 0.1) is 0 Å². The van der Waals surface area contributed by atoms with Crippen molar-refractivity contribution in [2.75, 3.05) is 13.1 Å². The highest BCUT2D eigenvalue weighted by molar-refractivity contribution is 7.89. The molecule has 0 saturated carbocycles. The van der Waals surface area contributed by atoms with Crippen LogP contribution in [0.1, 0.15) is 18.4 Å². The van der Waals surface area contributed by atoms with Gasteiger partial charge in [-0.25, -0.2) is 17.2 Å². The third kappa shape index (κ3) is 2.77. The lowest BCUT2D eigenvalue weighted by molar-refractivity contribution is 0.315. The van der Waals surface area contributed by atoms with E-state index in [0.717, 1.165) is 16.8 Å². The van der Waals surface area contributed by atoms with Gasteiger partial charge in [0.1, 0.15) is 16.5 Å². The van der Waals surface area contributed by atoms with Crippen LogP contribution in [0.2, 0.25) is 0 Å². The van der Waals surface area contributed by atoms with Crippen molar-refractivity contribution in [3.05, 3.63) is 29.3 Å². The number of nitrogens with zero attached hydrogens (tertiary/aromatic N) is 1. The van der Waals surface area contributed by atoms with Crippen LogP contribution in [-0.2, 0) is 10.0 Å². The van der Waals surface area contributed by atoms with Gasteiger partial charge < -0.3 is 5.73 Å². The molecule has 0 spiro atoms. The third-order valence-corrected chi connectivity index (χ3v) is 5.13. The summed E-state index contributed by atoms with van der Waals surface area (Å²) in [6.45, 7) is 1.87. The lowest BCUT2D eigenvalue weighted by Crippen LogP contribution is -2.45. The van der Waals surface area contributed by atoms with Gasteiger partial charge in [-0.05, 0) is 31.4 Å². The first-order valence-electron chi connectivity index (χ1n) is 6.03. The molecular weight excluding hydrogens is 274 g/mol. The predicted octanol–water partition coefficient (Wildman–Crippen LogP) is 1.39. The maximum atomic E-state index is 13.7. The highest BCUT2D eigenvalue weighted by Crippen LogP contribution is 2.24. The van der Waals surface area contributed by atoms with Crippen LogP contribution in [0.25, 0.3) is 0 Å². The Bertz CT molecular complexity index is 590. The molecule has 1 aliphatic rings. The minimum atomic E-state index is -3.95. The summed E-state index contributed by atoms with van der Waals surface area (Å²) in [5.41, 5.74) is 5.83. The maximum Gasteiger partial charge on any atom is 0.246 e. The van der Waals surface area contributed by atoms with Crippen molar-refractivity contribution in [1.29, 1.82) is 0 Å². The molecule has 2 rings (SSSR count). The zero-order valence-electron chi connectivity index (χ0n) is 10.6. The van der Waals surface area contributed by atoms with Crippen molar-refractivity contribution < 1.29 is 17.2 Å². The number of sulfonamides is 1. The van der Waals surface area contributed by atoms with Crippen molar-refractivity contribution in [3.8, 4) is 0 Å². The fraction of sp³-hybridized carbons (Fsp3) is 0.500. The molecule has 1 aromatic carbocycles. The van der Waals surface area contributed by atoms with E-state index in [9.17, 15) is 17.2 Å². The first kappa shape index (κ1) is 14.4. The minimum Gasteiger partial charge on any atom is -0.327 e. The highest BCUT2D eigenvalue weighted by Gasteiger charge is 2.31. The van der Waals surface area contributed by atoms with Crippen molar-refractivity contribution in [2.24, 2.45) is 5.73 Å². The SMILES string of the molecule is Cc1cc(S(=O)(=O)N2CCCC(N)C2)c(F)cc1F. The summed E-state index contributed by atoms with van der Waals surface area (Å²) in [5.74, 6) is -1.82. The summed E-state index contributed by atoms with van der Waals surface area (Å²) < 4.78 is 52.7. The average Bonchev–Trinajstić information content (AvgIpc) is 2.33. The first-order valence-corrected chi connectivity index (χ1v) is 7.48. The zero-order chi connectivity index (χ0) is 14.2. The molecule has 4 nitrogen and oxygen atoms in total. The summed E-state index contributed by atoms with van der Waals surface area (Å²) in [5, 5.41) is 0. The van der Waals surface area contributed by atoms with Gasteiger partial charge in [-0.1, -0.05) is 0 Å². The van der Waals surface area contributed by atoms with Crippen LogP contribution in [-0.4, -0.2) is 31.9 Å². The number of nitrogens with two attached hydrogens (primary N) is 1. The quantitative estimate of drug-likeness (QED) is 0.895. The Morgan fingerprint density at radius 1 is 1.32 bits per heavy atom. The summed E-state index contributed by atoms with van der Waals surface area (Å²) >= 11 is 0. The van der Waals surface area contributed by atoms with E-state index in [2.05, 4.69) is 0 Å². The van der Waals surface area contributed by atoms with E-state index in [4.69, 9.17) is 5.73 Å². The normalized spacial score (nSPS) is 21.6. The summed E-state index contributed by atoms with van der Waals surface area (Å²) in [7, 11) is -3.95. The second-order valence-electron chi connectivity index (χ2n) is 4.80. The fourth-order valence-corrected chi connectivity index (χ4v) is 3.83. The Morgan fingerprint density at radius 3 is 2.63 bits per heavy atom. The zero-order valence-corrected chi connectivity index (χ0v) is 11.4. The van der Waals surface area contributed by atoms with E-state index in [1.807, 2.05) is 0 Å². The van der Waals surface area contributed by atoms with E-state index in [1.54, 1.807) is 0 Å². The number of rotatable bonds is 2. The Balaban J connectivity index is 2.42. The standard InChI is InChI=1S/C12H16F2N2O2S/c1-8-5-12(11(14)6-10(8)13)19(17,18)16-4-2-3-9(15)7-16/h5-6,9H,2-4,7,15H2,1H3. The molecule has 0 aliphatic carbocycles. The monoisotopic (exact) mass is 290 g/mol. The van der Waals surface area contributed by atoms with Crippen LogP contribution >= 0.6 is 0 Å². The van der Waals surface area contributed by atoms with Crippen LogP contribution < -0.4 is 5.73 Å². The number of benzene rings is 1. The number of aryl methyl sites for hydroxylation is 1. The molecule has 0 amide bonds. The van der Waals surface area contributed by atoms with Crippen molar-refractivity contribution in [3.63, 3.8) is 0 Å². The summed E-state index contributed by atoms with van der Waals surface area (Å²) in [6, 6.07) is 1.39. The summed E-state index contributed by atoms with van der Waals surface area (Å²) in [6.07, 6.45) is 1.39. The van der Waals surface area contributed by atoms with Crippen molar-refractivity contribution in [1.82, 2.24) is 4.31 Å². The van der Waals surface area contributed by atoms with Gasteiger partial charge in [0.2, 0.25) is 10.0 Å². The average molecular weight is 290 g/mol. The lowest BCUT2D eigenvalue weighted by atomic mass is 10.1. The first-order chi connectivity index (χ1) is 8.82. The maximum absolute atomic E-state index is 13.7. The van der Waals surface area contributed by atoms with Gasteiger partial charge >= 0.3 is 0 Å². The van der Waals surface area contributed by atoms with E-state index >= 15 is 0 Å². The molecule has 0 radical (unpaired) electrons. The largest absolute Gasteiger partial charge is 0.327 e. The number of piperidine rings is 1. The molecule has 1 aromatic rings. The Kier molecular flexibility index (Phi) is 3.89. The molecule has 0 aromatic heterocycles. The predicted molar refractivity (Wildman–Crippen MR) is 67.1 cm³/mol. The van der Waals surface area contributed by atoms with Gasteiger partial charge in [-0.15, -0.1) is 0 Å². The molecule has 7 heteroatoms. The van der Waals surface area contributed by atoms with Gasteiger partial charge in [0, 0.05) is 25.2 Å². The second kappa shape index (κ2) is 5.15. The molecule has 106 valence electrons. The summed E-state index contributed by atoms with van der Waals surface area (Å²) in [4.78, 5) is -0.486. The van der Waals surface area contributed by atoms with E-state index in [-0.39, 0.29) is 18.2 Å². The molecule has 1 heterocycles. The van der Waals surface area contributed by atoms with Crippen molar-refractivity contribution in [2.45, 2.75) is 30.7 Å². The molecule has 1 aliphatic heterocycles. The van der Waals surface area contributed by atoms with E-state index in [0.29, 0.717) is 19.0 Å². The second-order valence-corrected chi connectivity index (χ2v) is 6.70. The van der Waals surface area contributed by atoms with Gasteiger partial charge in [0.25, 0.3) is 0 Å². The number of hydrogen-bond donors (Lipinski definition) is 1. The third-order valence-electron chi connectivity index (χ3n) is 3.25. The molecule has 1 unspecified atom stereocenters. The molecule has 1 fully saturated rings. The Hall–Kier alpha value is -1.05. The van der Waals surface area contributed by atoms with Gasteiger partial charge in [0.15, 0.2) is 0 Å². The molecule has 1 atom stereocenters.